The van der Waals surface area contributed by atoms with Gasteiger partial charge in [0.05, 0.1) is 17.8 Å². The molecule has 0 aromatic heterocycles. The Morgan fingerprint density at radius 3 is 2.31 bits per heavy atom. The van der Waals surface area contributed by atoms with Crippen LogP contribution in [0.15, 0.2) is 23.5 Å². The lowest BCUT2D eigenvalue weighted by molar-refractivity contribution is -0.125. The number of nitrogens with zero attached hydrogens (tertiary/aromatic N) is 1. The highest BCUT2D eigenvalue weighted by atomic mass is 19.4. The number of alkyl halides is 3. The van der Waals surface area contributed by atoms with Gasteiger partial charge in [0, 0.05) is 6.54 Å². The highest BCUT2D eigenvalue weighted by molar-refractivity contribution is 5.26. The van der Waals surface area contributed by atoms with E-state index in [9.17, 15) is 13.2 Å². The van der Waals surface area contributed by atoms with E-state index in [-0.39, 0.29) is 5.70 Å². The van der Waals surface area contributed by atoms with Gasteiger partial charge in [-0.15, -0.1) is 0 Å². The van der Waals surface area contributed by atoms with Crippen LogP contribution < -0.4 is 11.6 Å². The molecule has 0 radical (unpaired) electrons. The number of rotatable bonds is 5. The normalized spacial score (nSPS) is 14.1. The van der Waals surface area contributed by atoms with Gasteiger partial charge in [-0.2, -0.15) is 13.2 Å². The van der Waals surface area contributed by atoms with Crippen molar-refractivity contribution < 1.29 is 13.2 Å². The molecule has 0 heterocycles. The molecule has 94 valence electrons. The van der Waals surface area contributed by atoms with Crippen LogP contribution in [-0.2, 0) is 0 Å². The SMILES string of the molecule is C/C=C(\C(N)=C/CC(F)(F)F)N(N)CCC. The zero-order valence-corrected chi connectivity index (χ0v) is 9.51. The van der Waals surface area contributed by atoms with E-state index in [1.165, 1.54) is 5.01 Å². The summed E-state index contributed by atoms with van der Waals surface area (Å²) < 4.78 is 35.9. The molecule has 16 heavy (non-hydrogen) atoms. The first kappa shape index (κ1) is 14.8. The molecule has 0 amide bonds. The maximum absolute atomic E-state index is 12.0. The van der Waals surface area contributed by atoms with Crippen LogP contribution in [0.25, 0.3) is 0 Å². The van der Waals surface area contributed by atoms with E-state index >= 15 is 0 Å². The van der Waals surface area contributed by atoms with Crippen molar-refractivity contribution in [3.8, 4) is 0 Å². The lowest BCUT2D eigenvalue weighted by Gasteiger charge is -2.21. The van der Waals surface area contributed by atoms with E-state index in [4.69, 9.17) is 11.6 Å². The quantitative estimate of drug-likeness (QED) is 0.438. The predicted octanol–water partition coefficient (Wildman–Crippen LogP) is 2.27. The molecule has 0 rings (SSSR count). The maximum Gasteiger partial charge on any atom is 0.392 e. The topological polar surface area (TPSA) is 55.3 Å². The van der Waals surface area contributed by atoms with Crippen LogP contribution in [0.5, 0.6) is 0 Å². The van der Waals surface area contributed by atoms with Gasteiger partial charge in [0.2, 0.25) is 0 Å². The second-order valence-corrected chi connectivity index (χ2v) is 3.35. The lowest BCUT2D eigenvalue weighted by atomic mass is 10.2. The Kier molecular flexibility index (Phi) is 5.95. The third-order valence-corrected chi connectivity index (χ3v) is 1.90. The Morgan fingerprint density at radius 2 is 1.94 bits per heavy atom. The molecule has 0 aromatic carbocycles. The Labute approximate surface area is 93.6 Å². The Morgan fingerprint density at radius 1 is 1.38 bits per heavy atom. The minimum absolute atomic E-state index is 0.0516. The van der Waals surface area contributed by atoms with Crippen LogP contribution in [0.2, 0.25) is 0 Å². The number of allylic oxidation sites excluding steroid dienone is 2. The van der Waals surface area contributed by atoms with Crippen molar-refractivity contribution >= 4 is 0 Å². The molecule has 0 saturated heterocycles. The predicted molar refractivity (Wildman–Crippen MR) is 57.9 cm³/mol. The van der Waals surface area contributed by atoms with Crippen LogP contribution in [0, 0.1) is 0 Å². The van der Waals surface area contributed by atoms with Gasteiger partial charge < -0.3 is 10.7 Å². The summed E-state index contributed by atoms with van der Waals surface area (Å²) in [5, 5.41) is 1.35. The second-order valence-electron chi connectivity index (χ2n) is 3.35. The molecule has 0 aliphatic carbocycles. The van der Waals surface area contributed by atoms with Crippen LogP contribution in [0.3, 0.4) is 0 Å². The largest absolute Gasteiger partial charge is 0.397 e. The van der Waals surface area contributed by atoms with E-state index < -0.39 is 12.6 Å². The van der Waals surface area contributed by atoms with Crippen molar-refractivity contribution in [1.29, 1.82) is 0 Å². The number of hydrazine groups is 1. The molecule has 0 fully saturated rings. The van der Waals surface area contributed by atoms with Gasteiger partial charge in [-0.25, -0.2) is 5.84 Å². The van der Waals surface area contributed by atoms with Crippen molar-refractivity contribution in [2.75, 3.05) is 6.54 Å². The molecule has 0 bridgehead atoms. The molecule has 0 aromatic rings. The third-order valence-electron chi connectivity index (χ3n) is 1.90. The Hall–Kier alpha value is -1.17. The standard InChI is InChI=1S/C10H18F3N3/c1-3-7-16(15)9(4-2)8(14)5-6-10(11,12)13/h4-5H,3,6-7,14-15H2,1-2H3/b8-5+,9-4+. The third kappa shape index (κ3) is 5.65. The summed E-state index contributed by atoms with van der Waals surface area (Å²) in [6.07, 6.45) is -1.97. The number of halogens is 3. The molecule has 6 heteroatoms. The first-order valence-corrected chi connectivity index (χ1v) is 5.03. The fourth-order valence-electron chi connectivity index (χ4n) is 1.19. The summed E-state index contributed by atoms with van der Waals surface area (Å²) in [4.78, 5) is 0. The Balaban J connectivity index is 4.60. The fourth-order valence-corrected chi connectivity index (χ4v) is 1.19. The van der Waals surface area contributed by atoms with Gasteiger partial charge >= 0.3 is 6.18 Å². The van der Waals surface area contributed by atoms with Gasteiger partial charge in [-0.1, -0.05) is 19.1 Å². The summed E-state index contributed by atoms with van der Waals surface area (Å²) in [5.41, 5.74) is 6.01. The van der Waals surface area contributed by atoms with Crippen LogP contribution in [0.4, 0.5) is 13.2 Å². The first-order chi connectivity index (χ1) is 7.31. The molecule has 0 unspecified atom stereocenters. The van der Waals surface area contributed by atoms with E-state index in [1.54, 1.807) is 13.0 Å². The van der Waals surface area contributed by atoms with Crippen molar-refractivity contribution in [1.82, 2.24) is 5.01 Å². The first-order valence-electron chi connectivity index (χ1n) is 5.03. The average molecular weight is 237 g/mol. The summed E-state index contributed by atoms with van der Waals surface area (Å²) >= 11 is 0. The van der Waals surface area contributed by atoms with Crippen LogP contribution >= 0.6 is 0 Å². The zero-order chi connectivity index (χ0) is 12.8. The summed E-state index contributed by atoms with van der Waals surface area (Å²) in [5.74, 6) is 5.64. The molecule has 3 nitrogen and oxygen atoms in total. The van der Waals surface area contributed by atoms with Crippen molar-refractivity contribution in [3.63, 3.8) is 0 Å². The second kappa shape index (κ2) is 6.42. The van der Waals surface area contributed by atoms with Crippen molar-refractivity contribution in [2.45, 2.75) is 32.9 Å². The molecule has 4 N–H and O–H groups in total. The smallest absolute Gasteiger partial charge is 0.392 e. The summed E-state index contributed by atoms with van der Waals surface area (Å²) in [6.45, 7) is 4.14. The van der Waals surface area contributed by atoms with Gasteiger partial charge in [-0.05, 0) is 13.3 Å². The van der Waals surface area contributed by atoms with E-state index in [1.807, 2.05) is 6.92 Å². The molecule has 0 saturated carbocycles. The minimum atomic E-state index is -4.24. The molecular weight excluding hydrogens is 219 g/mol. The molecular formula is C10H18F3N3. The molecule has 0 aliphatic rings. The zero-order valence-electron chi connectivity index (χ0n) is 9.51. The fraction of sp³-hybridized carbons (Fsp3) is 0.600. The van der Waals surface area contributed by atoms with E-state index in [2.05, 4.69) is 0 Å². The number of nitrogens with two attached hydrogens (primary N) is 2. The molecule has 0 aliphatic heterocycles. The van der Waals surface area contributed by atoms with E-state index in [0.717, 1.165) is 12.5 Å². The number of hydrogen-bond acceptors (Lipinski definition) is 3. The van der Waals surface area contributed by atoms with Gasteiger partial charge in [-0.3, -0.25) is 0 Å². The maximum atomic E-state index is 12.0. The van der Waals surface area contributed by atoms with Crippen LogP contribution in [0.1, 0.15) is 26.7 Å². The van der Waals surface area contributed by atoms with E-state index in [0.29, 0.717) is 12.2 Å². The summed E-state index contributed by atoms with van der Waals surface area (Å²) in [7, 11) is 0. The average Bonchev–Trinajstić information content (AvgIpc) is 2.15. The van der Waals surface area contributed by atoms with Crippen molar-refractivity contribution in [3.05, 3.63) is 23.5 Å². The van der Waals surface area contributed by atoms with Gasteiger partial charge in [0.25, 0.3) is 0 Å². The lowest BCUT2D eigenvalue weighted by Crippen LogP contribution is -2.33. The minimum Gasteiger partial charge on any atom is -0.397 e. The molecule has 0 spiro atoms. The van der Waals surface area contributed by atoms with Gasteiger partial charge in [0.15, 0.2) is 0 Å². The van der Waals surface area contributed by atoms with Crippen molar-refractivity contribution in [2.24, 2.45) is 11.6 Å². The van der Waals surface area contributed by atoms with Gasteiger partial charge in [0.1, 0.15) is 0 Å². The monoisotopic (exact) mass is 237 g/mol. The highest BCUT2D eigenvalue weighted by Gasteiger charge is 2.25. The Bertz CT molecular complexity index is 269. The summed E-state index contributed by atoms with van der Waals surface area (Å²) in [6, 6.07) is 0. The van der Waals surface area contributed by atoms with Crippen LogP contribution in [-0.4, -0.2) is 17.7 Å². The molecule has 0 atom stereocenters. The highest BCUT2D eigenvalue weighted by Crippen LogP contribution is 2.21. The number of hydrogen-bond donors (Lipinski definition) is 2.